The molecule has 0 radical (unpaired) electrons. The van der Waals surface area contributed by atoms with Crippen LogP contribution in [0.4, 0.5) is 0 Å². The van der Waals surface area contributed by atoms with Crippen LogP contribution in [0.5, 0.6) is 11.5 Å². The first kappa shape index (κ1) is 20.9. The van der Waals surface area contributed by atoms with Crippen LogP contribution in [0.2, 0.25) is 0 Å². The highest BCUT2D eigenvalue weighted by Crippen LogP contribution is 2.26. The summed E-state index contributed by atoms with van der Waals surface area (Å²) in [6.07, 6.45) is 1.55. The summed E-state index contributed by atoms with van der Waals surface area (Å²) < 4.78 is 15.7. The number of nitrogens with one attached hydrogen (secondary N) is 1. The molecule has 7 heteroatoms. The average molecular weight is 406 g/mol. The van der Waals surface area contributed by atoms with Gasteiger partial charge in [-0.3, -0.25) is 4.79 Å². The van der Waals surface area contributed by atoms with Crippen molar-refractivity contribution in [2.24, 2.45) is 5.10 Å². The molecule has 0 aliphatic heterocycles. The smallest absolute Gasteiger partial charge is 0.338 e. The fourth-order valence-electron chi connectivity index (χ4n) is 2.84. The molecule has 0 saturated carbocycles. The number of hydrazone groups is 1. The summed E-state index contributed by atoms with van der Waals surface area (Å²) in [5, 5.41) is 6.03. The lowest BCUT2D eigenvalue weighted by atomic mass is 10.0. The fraction of sp³-hybridized carbons (Fsp3) is 0.174. The number of nitrogens with zero attached hydrogens (tertiary/aromatic N) is 1. The molecule has 0 atom stereocenters. The van der Waals surface area contributed by atoms with Crippen molar-refractivity contribution in [1.82, 2.24) is 5.43 Å². The van der Waals surface area contributed by atoms with Crippen LogP contribution in [-0.2, 0) is 9.53 Å². The van der Waals surface area contributed by atoms with E-state index in [2.05, 4.69) is 10.5 Å². The Kier molecular flexibility index (Phi) is 7.00. The van der Waals surface area contributed by atoms with Crippen molar-refractivity contribution < 1.29 is 23.8 Å². The lowest BCUT2D eigenvalue weighted by Gasteiger charge is -2.08. The molecule has 1 N–H and O–H groups in total. The van der Waals surface area contributed by atoms with Crippen molar-refractivity contribution >= 4 is 28.9 Å². The quantitative estimate of drug-likeness (QED) is 0.351. The molecule has 0 aliphatic rings. The van der Waals surface area contributed by atoms with Crippen molar-refractivity contribution in [1.29, 1.82) is 0 Å². The second kappa shape index (κ2) is 10.1. The number of amides is 1. The topological polar surface area (TPSA) is 86.2 Å². The molecule has 0 bridgehead atoms. The largest absolute Gasteiger partial charge is 0.496 e. The van der Waals surface area contributed by atoms with Gasteiger partial charge in [-0.25, -0.2) is 10.2 Å². The summed E-state index contributed by atoms with van der Waals surface area (Å²) in [5.74, 6) is 0.294. The monoisotopic (exact) mass is 406 g/mol. The molecular weight excluding hydrogens is 384 g/mol. The molecule has 154 valence electrons. The van der Waals surface area contributed by atoms with E-state index >= 15 is 0 Å². The van der Waals surface area contributed by atoms with E-state index < -0.39 is 11.9 Å². The van der Waals surface area contributed by atoms with Gasteiger partial charge < -0.3 is 14.2 Å². The summed E-state index contributed by atoms with van der Waals surface area (Å²) in [5.41, 5.74) is 3.63. The van der Waals surface area contributed by atoms with Gasteiger partial charge in [-0.2, -0.15) is 5.10 Å². The zero-order valence-corrected chi connectivity index (χ0v) is 16.8. The summed E-state index contributed by atoms with van der Waals surface area (Å²) in [4.78, 5) is 23.7. The van der Waals surface area contributed by atoms with Gasteiger partial charge in [0.25, 0.3) is 5.91 Å². The van der Waals surface area contributed by atoms with Gasteiger partial charge in [0.15, 0.2) is 6.61 Å². The number of hydrogen-bond donors (Lipinski definition) is 1. The van der Waals surface area contributed by atoms with Crippen LogP contribution in [-0.4, -0.2) is 38.4 Å². The van der Waals surface area contributed by atoms with Crippen LogP contribution >= 0.6 is 0 Å². The first-order valence-corrected chi connectivity index (χ1v) is 9.40. The van der Waals surface area contributed by atoms with Crippen LogP contribution in [0.15, 0.2) is 65.8 Å². The van der Waals surface area contributed by atoms with Crippen LogP contribution < -0.4 is 14.9 Å². The van der Waals surface area contributed by atoms with Crippen molar-refractivity contribution in [3.63, 3.8) is 0 Å². The third-order valence-electron chi connectivity index (χ3n) is 4.27. The van der Waals surface area contributed by atoms with Gasteiger partial charge in [-0.1, -0.05) is 30.3 Å². The Bertz CT molecular complexity index is 1060. The van der Waals surface area contributed by atoms with E-state index in [1.807, 2.05) is 36.4 Å². The first-order chi connectivity index (χ1) is 14.6. The van der Waals surface area contributed by atoms with E-state index in [0.717, 1.165) is 16.3 Å². The van der Waals surface area contributed by atoms with Gasteiger partial charge in [-0.05, 0) is 48.0 Å². The van der Waals surface area contributed by atoms with Gasteiger partial charge >= 0.3 is 5.97 Å². The Morgan fingerprint density at radius 1 is 1.03 bits per heavy atom. The molecule has 3 rings (SSSR count). The molecule has 0 aliphatic carbocycles. The summed E-state index contributed by atoms with van der Waals surface area (Å²) >= 11 is 0. The highest BCUT2D eigenvalue weighted by Gasteiger charge is 2.08. The van der Waals surface area contributed by atoms with Crippen LogP contribution in [0.3, 0.4) is 0 Å². The van der Waals surface area contributed by atoms with Gasteiger partial charge in [0.05, 0.1) is 25.5 Å². The molecule has 30 heavy (non-hydrogen) atoms. The fourth-order valence-corrected chi connectivity index (χ4v) is 2.84. The third kappa shape index (κ3) is 5.14. The molecule has 0 aromatic heterocycles. The number of carbonyl (C=O) groups is 2. The van der Waals surface area contributed by atoms with Crippen molar-refractivity contribution in [2.75, 3.05) is 20.3 Å². The Balaban J connectivity index is 1.58. The average Bonchev–Trinajstić information content (AvgIpc) is 2.78. The Morgan fingerprint density at radius 3 is 2.53 bits per heavy atom. The van der Waals surface area contributed by atoms with Gasteiger partial charge in [0, 0.05) is 5.56 Å². The number of fused-ring (bicyclic) bond motifs is 1. The van der Waals surface area contributed by atoms with E-state index in [-0.39, 0.29) is 6.61 Å². The Morgan fingerprint density at radius 2 is 1.80 bits per heavy atom. The number of benzene rings is 3. The van der Waals surface area contributed by atoms with E-state index in [9.17, 15) is 9.59 Å². The highest BCUT2D eigenvalue weighted by molar-refractivity contribution is 6.02. The molecule has 1 amide bonds. The van der Waals surface area contributed by atoms with E-state index in [1.165, 1.54) is 0 Å². The van der Waals surface area contributed by atoms with Crippen LogP contribution in [0.1, 0.15) is 22.8 Å². The SMILES string of the molecule is CCOC(=O)c1ccc(OCC(=O)N/N=C/c2c(OC)ccc3ccccc23)cc1. The number of rotatable bonds is 8. The van der Waals surface area contributed by atoms with Crippen LogP contribution in [0.25, 0.3) is 10.8 Å². The molecule has 0 heterocycles. The van der Waals surface area contributed by atoms with Crippen molar-refractivity contribution in [3.05, 3.63) is 71.8 Å². The standard InChI is InChI=1S/C23H22N2O5/c1-3-29-23(27)17-8-11-18(12-9-17)30-15-22(26)25-24-14-20-19-7-5-4-6-16(19)10-13-21(20)28-2/h4-14H,3,15H2,1-2H3,(H,25,26)/b24-14+. The Labute approximate surface area is 174 Å². The van der Waals surface area contributed by atoms with Crippen LogP contribution in [0, 0.1) is 0 Å². The number of carbonyl (C=O) groups excluding carboxylic acids is 2. The summed E-state index contributed by atoms with van der Waals surface area (Å²) in [6, 6.07) is 18.0. The normalized spacial score (nSPS) is 10.7. The molecule has 0 unspecified atom stereocenters. The number of hydrogen-bond acceptors (Lipinski definition) is 6. The van der Waals surface area contributed by atoms with Crippen molar-refractivity contribution in [2.45, 2.75) is 6.92 Å². The molecule has 7 nitrogen and oxygen atoms in total. The maximum Gasteiger partial charge on any atom is 0.338 e. The number of ether oxygens (including phenoxy) is 3. The lowest BCUT2D eigenvalue weighted by molar-refractivity contribution is -0.123. The van der Waals surface area contributed by atoms with Gasteiger partial charge in [0.1, 0.15) is 11.5 Å². The third-order valence-corrected chi connectivity index (χ3v) is 4.27. The van der Waals surface area contributed by atoms with Gasteiger partial charge in [0.2, 0.25) is 0 Å². The van der Waals surface area contributed by atoms with Crippen molar-refractivity contribution in [3.8, 4) is 11.5 Å². The van der Waals surface area contributed by atoms with Gasteiger partial charge in [-0.15, -0.1) is 0 Å². The number of esters is 1. The molecule has 0 fully saturated rings. The van der Waals surface area contributed by atoms with E-state index in [1.54, 1.807) is 44.5 Å². The molecule has 3 aromatic rings. The predicted octanol–water partition coefficient (Wildman–Crippen LogP) is 3.55. The minimum atomic E-state index is -0.417. The molecule has 3 aromatic carbocycles. The second-order valence-corrected chi connectivity index (χ2v) is 6.23. The Hall–Kier alpha value is -3.87. The molecule has 0 saturated heterocycles. The predicted molar refractivity (Wildman–Crippen MR) is 114 cm³/mol. The highest BCUT2D eigenvalue weighted by atomic mass is 16.5. The zero-order chi connectivity index (χ0) is 21.3. The molecule has 0 spiro atoms. The lowest BCUT2D eigenvalue weighted by Crippen LogP contribution is -2.24. The summed E-state index contributed by atoms with van der Waals surface area (Å²) in [7, 11) is 1.58. The minimum absolute atomic E-state index is 0.219. The van der Waals surface area contributed by atoms with E-state index in [0.29, 0.717) is 23.7 Å². The first-order valence-electron chi connectivity index (χ1n) is 9.40. The maximum absolute atomic E-state index is 12.0. The minimum Gasteiger partial charge on any atom is -0.496 e. The molecular formula is C23H22N2O5. The number of methoxy groups -OCH3 is 1. The van der Waals surface area contributed by atoms with E-state index in [4.69, 9.17) is 14.2 Å². The zero-order valence-electron chi connectivity index (χ0n) is 16.8. The maximum atomic E-state index is 12.0. The second-order valence-electron chi connectivity index (χ2n) is 6.23. The summed E-state index contributed by atoms with van der Waals surface area (Å²) in [6.45, 7) is 1.83.